The van der Waals surface area contributed by atoms with Gasteiger partial charge in [-0.3, -0.25) is 4.79 Å². The zero-order valence-corrected chi connectivity index (χ0v) is 14.6. The second kappa shape index (κ2) is 7.94. The third kappa shape index (κ3) is 5.62. The Morgan fingerprint density at radius 2 is 2.04 bits per heavy atom. The number of alkyl halides is 3. The fourth-order valence-electron chi connectivity index (χ4n) is 2.67. The summed E-state index contributed by atoms with van der Waals surface area (Å²) >= 11 is 0. The molecule has 0 aromatic heterocycles. The van der Waals surface area contributed by atoms with Gasteiger partial charge in [0.15, 0.2) is 9.84 Å². The molecule has 0 saturated carbocycles. The SMILES string of the molecule is C=CCN(C(=O)/C=C/c1ccccc1OC(F)(F)F)C1CCS(=O)(=O)C1. The number of hydrogen-bond donors (Lipinski definition) is 0. The summed E-state index contributed by atoms with van der Waals surface area (Å²) in [6, 6.07) is 4.94. The third-order valence-electron chi connectivity index (χ3n) is 3.81. The van der Waals surface area contributed by atoms with Crippen molar-refractivity contribution in [3.63, 3.8) is 0 Å². The van der Waals surface area contributed by atoms with Crippen molar-refractivity contribution in [3.05, 3.63) is 48.6 Å². The molecule has 9 heteroatoms. The molecule has 1 aliphatic rings. The molecular weight excluding hydrogens is 371 g/mol. The van der Waals surface area contributed by atoms with E-state index in [1.54, 1.807) is 0 Å². The first-order valence-corrected chi connectivity index (χ1v) is 9.58. The molecule has 142 valence electrons. The van der Waals surface area contributed by atoms with Gasteiger partial charge >= 0.3 is 6.36 Å². The molecule has 1 amide bonds. The van der Waals surface area contributed by atoms with E-state index in [1.807, 2.05) is 0 Å². The maximum Gasteiger partial charge on any atom is 0.573 e. The van der Waals surface area contributed by atoms with Gasteiger partial charge in [0.2, 0.25) is 5.91 Å². The second-order valence-electron chi connectivity index (χ2n) is 5.76. The van der Waals surface area contributed by atoms with E-state index in [0.29, 0.717) is 6.42 Å². The summed E-state index contributed by atoms with van der Waals surface area (Å²) in [7, 11) is -3.18. The Morgan fingerprint density at radius 1 is 1.35 bits per heavy atom. The Labute approximate surface area is 149 Å². The maximum absolute atomic E-state index is 12.4. The van der Waals surface area contributed by atoms with Crippen molar-refractivity contribution in [2.75, 3.05) is 18.1 Å². The van der Waals surface area contributed by atoms with Crippen LogP contribution in [0.25, 0.3) is 6.08 Å². The molecule has 5 nitrogen and oxygen atoms in total. The number of amides is 1. The number of ether oxygens (including phenoxy) is 1. The number of nitrogens with zero attached hydrogens (tertiary/aromatic N) is 1. The molecule has 0 N–H and O–H groups in total. The molecule has 0 spiro atoms. The molecule has 0 radical (unpaired) electrons. The zero-order chi connectivity index (χ0) is 19.4. The van der Waals surface area contributed by atoms with Crippen molar-refractivity contribution < 1.29 is 31.1 Å². The molecule has 1 aromatic carbocycles. The highest BCUT2D eigenvalue weighted by Gasteiger charge is 2.34. The van der Waals surface area contributed by atoms with Gasteiger partial charge in [-0.2, -0.15) is 0 Å². The van der Waals surface area contributed by atoms with Crippen LogP contribution in [-0.2, 0) is 14.6 Å². The molecule has 1 saturated heterocycles. The van der Waals surface area contributed by atoms with E-state index in [-0.39, 0.29) is 23.6 Å². The predicted molar refractivity (Wildman–Crippen MR) is 91.1 cm³/mol. The summed E-state index contributed by atoms with van der Waals surface area (Å²) < 4.78 is 64.5. The summed E-state index contributed by atoms with van der Waals surface area (Å²) in [5.74, 6) is -1.06. The summed E-state index contributed by atoms with van der Waals surface area (Å²) in [6.45, 7) is 3.69. The molecule has 1 aliphatic heterocycles. The van der Waals surface area contributed by atoms with Crippen LogP contribution >= 0.6 is 0 Å². The highest BCUT2D eigenvalue weighted by atomic mass is 32.2. The van der Waals surface area contributed by atoms with Gasteiger partial charge in [-0.05, 0) is 18.6 Å². The molecule has 0 aliphatic carbocycles. The van der Waals surface area contributed by atoms with Crippen LogP contribution in [0.15, 0.2) is 43.0 Å². The van der Waals surface area contributed by atoms with E-state index >= 15 is 0 Å². The normalized spacial score (nSPS) is 19.4. The average molecular weight is 389 g/mol. The van der Waals surface area contributed by atoms with Crippen LogP contribution in [0.5, 0.6) is 5.75 Å². The lowest BCUT2D eigenvalue weighted by Crippen LogP contribution is -2.40. The minimum absolute atomic E-state index is 0.00452. The van der Waals surface area contributed by atoms with Crippen molar-refractivity contribution in [1.29, 1.82) is 0 Å². The molecule has 0 bridgehead atoms. The first-order valence-electron chi connectivity index (χ1n) is 7.76. The van der Waals surface area contributed by atoms with E-state index in [2.05, 4.69) is 11.3 Å². The third-order valence-corrected chi connectivity index (χ3v) is 5.56. The van der Waals surface area contributed by atoms with Gasteiger partial charge in [0.05, 0.1) is 11.5 Å². The lowest BCUT2D eigenvalue weighted by molar-refractivity contribution is -0.274. The molecule has 1 unspecified atom stereocenters. The van der Waals surface area contributed by atoms with Gasteiger partial charge in [0.25, 0.3) is 0 Å². The van der Waals surface area contributed by atoms with Crippen molar-refractivity contribution in [2.24, 2.45) is 0 Å². The molecule has 1 aromatic rings. The van der Waals surface area contributed by atoms with Gasteiger partial charge < -0.3 is 9.64 Å². The smallest absolute Gasteiger partial charge is 0.405 e. The Bertz CT molecular complexity index is 802. The fraction of sp³-hybridized carbons (Fsp3) is 0.353. The monoisotopic (exact) mass is 389 g/mol. The van der Waals surface area contributed by atoms with E-state index in [0.717, 1.165) is 12.1 Å². The topological polar surface area (TPSA) is 63.7 Å². The van der Waals surface area contributed by atoms with Crippen molar-refractivity contribution >= 4 is 21.8 Å². The Kier molecular flexibility index (Phi) is 6.12. The molecular formula is C17H18F3NO4S. The van der Waals surface area contributed by atoms with Crippen LogP contribution < -0.4 is 4.74 Å². The number of para-hydroxylation sites is 1. The van der Waals surface area contributed by atoms with Gasteiger partial charge in [0.1, 0.15) is 5.75 Å². The number of halogens is 3. The van der Waals surface area contributed by atoms with Crippen molar-refractivity contribution in [1.82, 2.24) is 4.90 Å². The lowest BCUT2D eigenvalue weighted by atomic mass is 10.1. The standard InChI is InChI=1S/C17H18F3NO4S/c1-2-10-21(14-9-11-26(23,24)12-14)16(22)8-7-13-5-3-4-6-15(13)25-17(18,19)20/h2-8,14H,1,9-12H2/b8-7+. The molecule has 1 heterocycles. The van der Waals surface area contributed by atoms with E-state index in [9.17, 15) is 26.4 Å². The highest BCUT2D eigenvalue weighted by molar-refractivity contribution is 7.91. The minimum Gasteiger partial charge on any atom is -0.405 e. The number of sulfone groups is 1. The van der Waals surface area contributed by atoms with Crippen LogP contribution in [0.4, 0.5) is 13.2 Å². The van der Waals surface area contributed by atoms with Gasteiger partial charge in [0, 0.05) is 24.2 Å². The van der Waals surface area contributed by atoms with E-state index in [4.69, 9.17) is 0 Å². The highest BCUT2D eigenvalue weighted by Crippen LogP contribution is 2.27. The quantitative estimate of drug-likeness (QED) is 0.554. The summed E-state index contributed by atoms with van der Waals surface area (Å²) in [6.07, 6.45) is -0.738. The number of benzene rings is 1. The van der Waals surface area contributed by atoms with Gasteiger partial charge in [-0.1, -0.05) is 24.3 Å². The van der Waals surface area contributed by atoms with Crippen molar-refractivity contribution in [3.8, 4) is 5.75 Å². The molecule has 1 fully saturated rings. The van der Waals surface area contributed by atoms with E-state index < -0.39 is 33.9 Å². The zero-order valence-electron chi connectivity index (χ0n) is 13.8. The fourth-order valence-corrected chi connectivity index (χ4v) is 4.40. The number of carbonyl (C=O) groups excluding carboxylic acids is 1. The first kappa shape index (κ1) is 20.0. The summed E-state index contributed by atoms with van der Waals surface area (Å²) in [5, 5.41) is 0. The molecule has 2 rings (SSSR count). The van der Waals surface area contributed by atoms with Gasteiger partial charge in [-0.25, -0.2) is 8.42 Å². The summed E-state index contributed by atoms with van der Waals surface area (Å²) in [5.41, 5.74) is 0.0794. The average Bonchev–Trinajstić information content (AvgIpc) is 2.89. The van der Waals surface area contributed by atoms with Crippen LogP contribution in [0.1, 0.15) is 12.0 Å². The predicted octanol–water partition coefficient (Wildman–Crippen LogP) is 2.80. The Hall–Kier alpha value is -2.29. The Balaban J connectivity index is 2.18. The lowest BCUT2D eigenvalue weighted by Gasteiger charge is -2.25. The number of rotatable bonds is 6. The second-order valence-corrected chi connectivity index (χ2v) is 7.98. The van der Waals surface area contributed by atoms with Crippen LogP contribution in [-0.4, -0.2) is 49.7 Å². The first-order chi connectivity index (χ1) is 12.1. The van der Waals surface area contributed by atoms with Gasteiger partial charge in [-0.15, -0.1) is 19.8 Å². The molecule has 1 atom stereocenters. The van der Waals surface area contributed by atoms with Crippen molar-refractivity contribution in [2.45, 2.75) is 18.8 Å². The summed E-state index contributed by atoms with van der Waals surface area (Å²) in [4.78, 5) is 13.8. The Morgan fingerprint density at radius 3 is 2.62 bits per heavy atom. The van der Waals surface area contributed by atoms with E-state index in [1.165, 1.54) is 35.3 Å². The van der Waals surface area contributed by atoms with Crippen LogP contribution in [0, 0.1) is 0 Å². The minimum atomic E-state index is -4.85. The largest absolute Gasteiger partial charge is 0.573 e. The number of hydrogen-bond acceptors (Lipinski definition) is 4. The van der Waals surface area contributed by atoms with Crippen LogP contribution in [0.2, 0.25) is 0 Å². The van der Waals surface area contributed by atoms with Crippen LogP contribution in [0.3, 0.4) is 0 Å². The maximum atomic E-state index is 12.4. The number of carbonyl (C=O) groups is 1. The molecule has 26 heavy (non-hydrogen) atoms.